The molecular weight excluding hydrogens is 206 g/mol. The summed E-state index contributed by atoms with van der Waals surface area (Å²) < 4.78 is 5.47. The normalized spacial score (nSPS) is 42.7. The van der Waals surface area contributed by atoms with Crippen LogP contribution in [-0.2, 0) is 9.53 Å². The number of hydrogen-bond donors (Lipinski definition) is 1. The summed E-state index contributed by atoms with van der Waals surface area (Å²) >= 11 is 0. The number of rotatable bonds is 1. The van der Waals surface area contributed by atoms with Gasteiger partial charge in [0.2, 0.25) is 0 Å². The van der Waals surface area contributed by atoms with E-state index in [1.54, 1.807) is 0 Å². The number of hydrogen-bond acceptors (Lipinski definition) is 3. The third-order valence-electron chi connectivity index (χ3n) is 4.17. The second-order valence-corrected chi connectivity index (χ2v) is 5.26. The van der Waals surface area contributed by atoms with Crippen molar-refractivity contribution in [1.29, 1.82) is 0 Å². The van der Waals surface area contributed by atoms with Crippen LogP contribution in [0.5, 0.6) is 0 Å². The molecule has 0 saturated carbocycles. The number of carbonyl (C=O) groups excluding carboxylic acids is 1. The molecule has 0 aliphatic carbocycles. The summed E-state index contributed by atoms with van der Waals surface area (Å²) in [5, 5.41) is 9.69. The first-order valence-electron chi connectivity index (χ1n) is 6.37. The van der Waals surface area contributed by atoms with Crippen LogP contribution in [0.3, 0.4) is 0 Å². The number of piperidine rings is 1. The van der Waals surface area contributed by atoms with Crippen molar-refractivity contribution in [3.05, 3.63) is 0 Å². The molecule has 90 valence electrons. The van der Waals surface area contributed by atoms with E-state index in [-0.39, 0.29) is 30.2 Å². The number of fused-ring (bicyclic) bond motifs is 2. The van der Waals surface area contributed by atoms with Crippen LogP contribution in [0.25, 0.3) is 0 Å². The van der Waals surface area contributed by atoms with Crippen LogP contribution in [0.2, 0.25) is 0 Å². The average molecular weight is 225 g/mol. The highest BCUT2D eigenvalue weighted by molar-refractivity contribution is 5.82. The molecule has 3 saturated heterocycles. The zero-order valence-electron chi connectivity index (χ0n) is 9.47. The molecule has 1 amide bonds. The summed E-state index contributed by atoms with van der Waals surface area (Å²) in [5.74, 6) is 0.178. The number of aliphatic hydroxyl groups is 1. The number of nitrogens with zero attached hydrogens (tertiary/aromatic N) is 1. The van der Waals surface area contributed by atoms with E-state index < -0.39 is 0 Å². The Kier molecular flexibility index (Phi) is 2.64. The number of aliphatic hydroxyl groups excluding tert-OH is 1. The van der Waals surface area contributed by atoms with Gasteiger partial charge in [-0.05, 0) is 38.5 Å². The molecule has 4 heteroatoms. The maximum atomic E-state index is 12.3. The Balaban J connectivity index is 1.72. The highest BCUT2D eigenvalue weighted by Gasteiger charge is 2.45. The van der Waals surface area contributed by atoms with Gasteiger partial charge in [-0.3, -0.25) is 4.79 Å². The standard InChI is InChI=1S/C12H19NO3/c14-10-6-8-3-4-9(7-10)13(8)12(15)11-2-1-5-16-11/h8-11,14H,1-7H2. The first-order valence-corrected chi connectivity index (χ1v) is 6.37. The third-order valence-corrected chi connectivity index (χ3v) is 4.17. The quantitative estimate of drug-likeness (QED) is 0.714. The van der Waals surface area contributed by atoms with Gasteiger partial charge in [0.1, 0.15) is 6.10 Å². The molecule has 4 nitrogen and oxygen atoms in total. The lowest BCUT2D eigenvalue weighted by molar-refractivity contribution is -0.147. The zero-order valence-corrected chi connectivity index (χ0v) is 9.47. The van der Waals surface area contributed by atoms with E-state index in [9.17, 15) is 9.90 Å². The molecule has 3 atom stereocenters. The molecule has 3 rings (SSSR count). The van der Waals surface area contributed by atoms with Crippen molar-refractivity contribution in [3.63, 3.8) is 0 Å². The van der Waals surface area contributed by atoms with E-state index in [0.29, 0.717) is 0 Å². The fourth-order valence-corrected chi connectivity index (χ4v) is 3.45. The number of amides is 1. The van der Waals surface area contributed by atoms with E-state index >= 15 is 0 Å². The van der Waals surface area contributed by atoms with E-state index in [4.69, 9.17) is 4.74 Å². The highest BCUT2D eigenvalue weighted by Crippen LogP contribution is 2.37. The van der Waals surface area contributed by atoms with Crippen LogP contribution in [-0.4, -0.2) is 46.8 Å². The molecule has 2 bridgehead atoms. The molecule has 16 heavy (non-hydrogen) atoms. The molecule has 0 radical (unpaired) electrons. The van der Waals surface area contributed by atoms with Gasteiger partial charge >= 0.3 is 0 Å². The van der Waals surface area contributed by atoms with Gasteiger partial charge in [-0.1, -0.05) is 0 Å². The molecule has 3 fully saturated rings. The second-order valence-electron chi connectivity index (χ2n) is 5.26. The van der Waals surface area contributed by atoms with Crippen LogP contribution in [0.4, 0.5) is 0 Å². The summed E-state index contributed by atoms with van der Waals surface area (Å²) in [6, 6.07) is 0.538. The topological polar surface area (TPSA) is 49.8 Å². The van der Waals surface area contributed by atoms with E-state index in [2.05, 4.69) is 0 Å². The van der Waals surface area contributed by atoms with Crippen LogP contribution >= 0.6 is 0 Å². The van der Waals surface area contributed by atoms with Gasteiger partial charge in [0.15, 0.2) is 0 Å². The first-order chi connectivity index (χ1) is 7.75. The van der Waals surface area contributed by atoms with E-state index in [0.717, 1.165) is 45.1 Å². The van der Waals surface area contributed by atoms with Crippen LogP contribution < -0.4 is 0 Å². The predicted molar refractivity (Wildman–Crippen MR) is 57.9 cm³/mol. The zero-order chi connectivity index (χ0) is 11.1. The van der Waals surface area contributed by atoms with Crippen molar-refractivity contribution in [2.75, 3.05) is 6.61 Å². The van der Waals surface area contributed by atoms with Gasteiger partial charge in [-0.2, -0.15) is 0 Å². The number of ether oxygens (including phenoxy) is 1. The summed E-state index contributed by atoms with van der Waals surface area (Å²) in [4.78, 5) is 14.3. The molecule has 3 aliphatic heterocycles. The van der Waals surface area contributed by atoms with E-state index in [1.807, 2.05) is 4.90 Å². The summed E-state index contributed by atoms with van der Waals surface area (Å²) in [6.45, 7) is 0.724. The van der Waals surface area contributed by atoms with Gasteiger partial charge in [-0.25, -0.2) is 0 Å². The predicted octanol–water partition coefficient (Wildman–Crippen LogP) is 0.680. The van der Waals surface area contributed by atoms with Gasteiger partial charge in [0.05, 0.1) is 6.10 Å². The van der Waals surface area contributed by atoms with Crippen molar-refractivity contribution >= 4 is 5.91 Å². The molecule has 1 N–H and O–H groups in total. The Hall–Kier alpha value is -0.610. The lowest BCUT2D eigenvalue weighted by Gasteiger charge is -2.38. The monoisotopic (exact) mass is 225 g/mol. The van der Waals surface area contributed by atoms with Gasteiger partial charge in [0, 0.05) is 18.7 Å². The smallest absolute Gasteiger partial charge is 0.252 e. The lowest BCUT2D eigenvalue weighted by atomic mass is 9.99. The minimum absolute atomic E-state index is 0.178. The fraction of sp³-hybridized carbons (Fsp3) is 0.917. The summed E-state index contributed by atoms with van der Waals surface area (Å²) in [7, 11) is 0. The van der Waals surface area contributed by atoms with Crippen molar-refractivity contribution in [2.45, 2.75) is 62.8 Å². The second kappa shape index (κ2) is 4.00. The minimum atomic E-state index is -0.203. The molecule has 0 aromatic rings. The van der Waals surface area contributed by atoms with Gasteiger partial charge < -0.3 is 14.7 Å². The molecule has 3 heterocycles. The molecule has 0 aromatic carbocycles. The Bertz CT molecular complexity index is 274. The number of carbonyl (C=O) groups is 1. The highest BCUT2D eigenvalue weighted by atomic mass is 16.5. The molecule has 0 aromatic heterocycles. The molecular formula is C12H19NO3. The van der Waals surface area contributed by atoms with Gasteiger partial charge in [0.25, 0.3) is 5.91 Å². The molecule has 0 spiro atoms. The van der Waals surface area contributed by atoms with E-state index in [1.165, 1.54) is 0 Å². The first kappa shape index (κ1) is 10.5. The molecule has 3 unspecified atom stereocenters. The van der Waals surface area contributed by atoms with Crippen molar-refractivity contribution < 1.29 is 14.6 Å². The Morgan fingerprint density at radius 2 is 1.88 bits per heavy atom. The molecule has 3 aliphatic rings. The van der Waals surface area contributed by atoms with Crippen molar-refractivity contribution in [1.82, 2.24) is 4.90 Å². The summed E-state index contributed by atoms with van der Waals surface area (Å²) in [5.41, 5.74) is 0. The lowest BCUT2D eigenvalue weighted by Crippen LogP contribution is -2.51. The van der Waals surface area contributed by atoms with Crippen molar-refractivity contribution in [2.24, 2.45) is 0 Å². The van der Waals surface area contributed by atoms with Gasteiger partial charge in [-0.15, -0.1) is 0 Å². The van der Waals surface area contributed by atoms with Crippen molar-refractivity contribution in [3.8, 4) is 0 Å². The Labute approximate surface area is 95.6 Å². The average Bonchev–Trinajstić information content (AvgIpc) is 2.85. The fourth-order valence-electron chi connectivity index (χ4n) is 3.45. The largest absolute Gasteiger partial charge is 0.393 e. The Morgan fingerprint density at radius 3 is 2.44 bits per heavy atom. The Morgan fingerprint density at radius 1 is 1.19 bits per heavy atom. The van der Waals surface area contributed by atoms with Crippen LogP contribution in [0.15, 0.2) is 0 Å². The minimum Gasteiger partial charge on any atom is -0.393 e. The van der Waals surface area contributed by atoms with Crippen LogP contribution in [0.1, 0.15) is 38.5 Å². The maximum absolute atomic E-state index is 12.3. The summed E-state index contributed by atoms with van der Waals surface area (Å²) in [6.07, 6.45) is 5.11. The third kappa shape index (κ3) is 1.64. The SMILES string of the molecule is O=C(C1CCCO1)N1C2CCC1CC(O)C2. The maximum Gasteiger partial charge on any atom is 0.252 e. The van der Waals surface area contributed by atoms with Crippen LogP contribution in [0, 0.1) is 0 Å².